The molecule has 0 aliphatic heterocycles. The van der Waals surface area contributed by atoms with Crippen molar-refractivity contribution in [1.82, 2.24) is 4.67 Å². The zero-order valence-electron chi connectivity index (χ0n) is 10.4. The van der Waals surface area contributed by atoms with Gasteiger partial charge in [0.25, 0.3) is 0 Å². The number of carbonyl (C=O) groups excluding carboxylic acids is 1. The van der Waals surface area contributed by atoms with Crippen molar-refractivity contribution in [1.29, 1.82) is 0 Å². The highest BCUT2D eigenvalue weighted by molar-refractivity contribution is 14.1. The summed E-state index contributed by atoms with van der Waals surface area (Å²) in [5.74, 6) is 0.0237. The first-order chi connectivity index (χ1) is 8.47. The Morgan fingerprint density at radius 2 is 2.11 bits per heavy atom. The molecule has 0 bridgehead atoms. The first-order valence-corrected chi connectivity index (χ1v) is 7.66. The molecular formula is C11H15INO4P. The minimum atomic E-state index is -2.31. The maximum atomic E-state index is 11.7. The number of benzene rings is 1. The summed E-state index contributed by atoms with van der Waals surface area (Å²) in [4.78, 5) is 11.7. The predicted molar refractivity (Wildman–Crippen MR) is 78.4 cm³/mol. The van der Waals surface area contributed by atoms with Gasteiger partial charge in [0.1, 0.15) is 5.75 Å². The van der Waals surface area contributed by atoms with Crippen LogP contribution in [0.1, 0.15) is 17.3 Å². The Labute approximate surface area is 121 Å². The van der Waals surface area contributed by atoms with E-state index < -0.39 is 14.1 Å². The number of nitrogens with zero attached hydrogens (tertiary/aromatic N) is 1. The Hall–Kier alpha value is -0.590. The van der Waals surface area contributed by atoms with Crippen LogP contribution in [0.15, 0.2) is 18.2 Å². The number of halogens is 1. The van der Waals surface area contributed by atoms with Gasteiger partial charge in [0.05, 0.1) is 15.7 Å². The van der Waals surface area contributed by atoms with Crippen LogP contribution in [-0.4, -0.2) is 31.3 Å². The predicted octanol–water partition coefficient (Wildman–Crippen LogP) is 2.80. The summed E-state index contributed by atoms with van der Waals surface area (Å²) in [5, 5.41) is 0. The number of ether oxygens (including phenoxy) is 1. The fourth-order valence-corrected chi connectivity index (χ4v) is 2.58. The largest absolute Gasteiger partial charge is 0.462 e. The van der Waals surface area contributed by atoms with Crippen molar-refractivity contribution < 1.29 is 18.6 Å². The number of hydrogen-bond acceptors (Lipinski definition) is 4. The van der Waals surface area contributed by atoms with Gasteiger partial charge in [-0.1, -0.05) is 6.07 Å². The van der Waals surface area contributed by atoms with Gasteiger partial charge in [-0.05, 0) is 55.7 Å². The summed E-state index contributed by atoms with van der Waals surface area (Å²) in [7, 11) is 1.03. The highest BCUT2D eigenvalue weighted by Gasteiger charge is 2.16. The average molecular weight is 383 g/mol. The van der Waals surface area contributed by atoms with E-state index in [1.54, 1.807) is 39.2 Å². The lowest BCUT2D eigenvalue weighted by molar-refractivity contribution is 0.0524. The first kappa shape index (κ1) is 15.5. The summed E-state index contributed by atoms with van der Waals surface area (Å²) >= 11 is 1.99. The summed E-state index contributed by atoms with van der Waals surface area (Å²) in [5.41, 5.74) is 0.420. The minimum Gasteiger partial charge on any atom is -0.462 e. The van der Waals surface area contributed by atoms with E-state index in [-0.39, 0.29) is 0 Å². The molecule has 100 valence electrons. The number of hydrogen-bond donors (Lipinski definition) is 0. The monoisotopic (exact) mass is 383 g/mol. The second-order valence-electron chi connectivity index (χ2n) is 3.60. The maximum Gasteiger partial charge on any atom is 0.339 e. The Morgan fingerprint density at radius 3 is 2.67 bits per heavy atom. The quantitative estimate of drug-likeness (QED) is 0.445. The van der Waals surface area contributed by atoms with Crippen LogP contribution >= 0.6 is 30.8 Å². The number of esters is 1. The van der Waals surface area contributed by atoms with Crippen LogP contribution in [0.2, 0.25) is 0 Å². The lowest BCUT2D eigenvalue weighted by Crippen LogP contribution is -2.08. The lowest BCUT2D eigenvalue weighted by Gasteiger charge is -2.14. The van der Waals surface area contributed by atoms with Crippen molar-refractivity contribution in [3.05, 3.63) is 27.3 Å². The summed E-state index contributed by atoms with van der Waals surface area (Å²) in [6.07, 6.45) is 0. The van der Waals surface area contributed by atoms with Crippen LogP contribution in [-0.2, 0) is 9.30 Å². The van der Waals surface area contributed by atoms with E-state index >= 15 is 0 Å². The second kappa shape index (κ2) is 7.11. The molecule has 0 aliphatic rings. The average Bonchev–Trinajstić information content (AvgIpc) is 2.31. The van der Waals surface area contributed by atoms with Gasteiger partial charge in [0.2, 0.25) is 0 Å². The van der Waals surface area contributed by atoms with Crippen LogP contribution in [0.25, 0.3) is 0 Å². The minimum absolute atomic E-state index is 0.314. The highest BCUT2D eigenvalue weighted by atomic mass is 127. The fraction of sp³-hybridized carbons (Fsp3) is 0.364. The van der Waals surface area contributed by atoms with Crippen LogP contribution in [0.4, 0.5) is 0 Å². The molecule has 1 unspecified atom stereocenters. The van der Waals surface area contributed by atoms with E-state index in [0.29, 0.717) is 21.5 Å². The van der Waals surface area contributed by atoms with E-state index in [1.165, 1.54) is 4.67 Å². The molecule has 1 rings (SSSR count). The molecule has 0 N–H and O–H groups in total. The summed E-state index contributed by atoms with van der Waals surface area (Å²) in [6, 6.07) is 5.00. The second-order valence-corrected chi connectivity index (χ2v) is 6.31. The first-order valence-electron chi connectivity index (χ1n) is 5.32. The van der Waals surface area contributed by atoms with Crippen LogP contribution in [0.5, 0.6) is 5.75 Å². The number of carbonyl (C=O) groups is 1. The van der Waals surface area contributed by atoms with Gasteiger partial charge in [0, 0.05) is 0 Å². The third-order valence-electron chi connectivity index (χ3n) is 2.02. The molecule has 0 amide bonds. The van der Waals surface area contributed by atoms with Gasteiger partial charge in [0.15, 0.2) is 0 Å². The zero-order chi connectivity index (χ0) is 13.7. The molecule has 7 heteroatoms. The molecule has 0 aromatic heterocycles. The summed E-state index contributed by atoms with van der Waals surface area (Å²) < 4.78 is 24.0. The Bertz CT molecular complexity index is 464. The van der Waals surface area contributed by atoms with Crippen molar-refractivity contribution in [2.24, 2.45) is 0 Å². The molecule has 1 aromatic rings. The fourth-order valence-electron chi connectivity index (χ4n) is 1.14. The van der Waals surface area contributed by atoms with Crippen molar-refractivity contribution >= 4 is 36.7 Å². The lowest BCUT2D eigenvalue weighted by atomic mass is 10.2. The van der Waals surface area contributed by atoms with Crippen LogP contribution in [0, 0.1) is 3.57 Å². The van der Waals surface area contributed by atoms with Gasteiger partial charge in [-0.3, -0.25) is 4.57 Å². The molecule has 0 saturated carbocycles. The SMILES string of the molecule is CCOC(=O)c1cccc(O[PH](=O)N(C)C)c1I. The highest BCUT2D eigenvalue weighted by Crippen LogP contribution is 2.33. The number of rotatable bonds is 5. The molecule has 0 aliphatic carbocycles. The smallest absolute Gasteiger partial charge is 0.339 e. The normalized spacial score (nSPS) is 12.3. The van der Waals surface area contributed by atoms with Crippen LogP contribution in [0.3, 0.4) is 0 Å². The molecule has 18 heavy (non-hydrogen) atoms. The van der Waals surface area contributed by atoms with Crippen molar-refractivity contribution in [3.63, 3.8) is 0 Å². The van der Waals surface area contributed by atoms with Gasteiger partial charge in [-0.15, -0.1) is 0 Å². The maximum absolute atomic E-state index is 11.7. The molecule has 0 fully saturated rings. The van der Waals surface area contributed by atoms with Gasteiger partial charge >= 0.3 is 14.1 Å². The molecule has 0 spiro atoms. The summed E-state index contributed by atoms with van der Waals surface area (Å²) in [6.45, 7) is 2.06. The van der Waals surface area contributed by atoms with E-state index in [0.717, 1.165) is 0 Å². The van der Waals surface area contributed by atoms with E-state index in [4.69, 9.17) is 9.26 Å². The molecule has 0 saturated heterocycles. The molecule has 1 atom stereocenters. The Balaban J connectivity index is 2.98. The third kappa shape index (κ3) is 3.96. The van der Waals surface area contributed by atoms with E-state index in [2.05, 4.69) is 0 Å². The topological polar surface area (TPSA) is 55.8 Å². The van der Waals surface area contributed by atoms with Gasteiger partial charge < -0.3 is 9.26 Å². The molecule has 1 aromatic carbocycles. The Kier molecular flexibility index (Phi) is 6.11. The Morgan fingerprint density at radius 1 is 1.44 bits per heavy atom. The van der Waals surface area contributed by atoms with Crippen molar-refractivity contribution in [2.75, 3.05) is 20.7 Å². The molecular weight excluding hydrogens is 368 g/mol. The van der Waals surface area contributed by atoms with E-state index in [9.17, 15) is 9.36 Å². The van der Waals surface area contributed by atoms with Gasteiger partial charge in [-0.2, -0.15) is 0 Å². The molecule has 0 radical (unpaired) electrons. The molecule has 5 nitrogen and oxygen atoms in total. The third-order valence-corrected chi connectivity index (χ3v) is 4.26. The van der Waals surface area contributed by atoms with E-state index in [1.807, 2.05) is 22.6 Å². The van der Waals surface area contributed by atoms with Crippen molar-refractivity contribution in [2.45, 2.75) is 6.92 Å². The standard InChI is InChI=1S/C11H15INO4P/c1-4-16-11(14)8-6-5-7-9(10(8)12)17-18(15)13(2)3/h5-7,18H,4H2,1-3H3. The van der Waals surface area contributed by atoms with Gasteiger partial charge in [-0.25, -0.2) is 9.46 Å². The van der Waals surface area contributed by atoms with Crippen molar-refractivity contribution in [3.8, 4) is 5.75 Å². The van der Waals surface area contributed by atoms with Crippen LogP contribution < -0.4 is 4.52 Å². The zero-order valence-corrected chi connectivity index (χ0v) is 13.6. The molecule has 0 heterocycles.